The highest BCUT2D eigenvalue weighted by Gasteiger charge is 2.69. The van der Waals surface area contributed by atoms with Gasteiger partial charge >= 0.3 is 12.4 Å². The summed E-state index contributed by atoms with van der Waals surface area (Å²) in [6, 6.07) is 0. The average Bonchev–Trinajstić information content (AvgIpc) is 3.07. The molecule has 0 heterocycles. The van der Waals surface area contributed by atoms with Crippen LogP contribution in [0.3, 0.4) is 0 Å². The Hall–Kier alpha value is -1.09. The fraction of sp³-hybridized carbons (Fsp3) is 0.870. The summed E-state index contributed by atoms with van der Waals surface area (Å²) in [4.78, 5) is 12.5. The van der Waals surface area contributed by atoms with Crippen molar-refractivity contribution in [2.45, 2.75) is 102 Å². The van der Waals surface area contributed by atoms with Gasteiger partial charge in [0, 0.05) is 20.6 Å². The topological polar surface area (TPSA) is 57.5 Å². The monoisotopic (exact) mass is 478 g/mol. The zero-order valence-corrected chi connectivity index (χ0v) is 17.8. The van der Waals surface area contributed by atoms with E-state index in [2.05, 4.69) is 0 Å². The summed E-state index contributed by atoms with van der Waals surface area (Å²) in [6.45, 7) is -4.69. The molecule has 2 saturated carbocycles. The number of ketones is 1. The number of hydrogen-bond acceptors (Lipinski definition) is 3. The maximum atomic E-state index is 13.1. The van der Waals surface area contributed by atoms with Gasteiger partial charge in [-0.2, -0.15) is 26.3 Å². The van der Waals surface area contributed by atoms with Gasteiger partial charge in [-0.3, -0.25) is 4.79 Å². The second-order valence-electron chi connectivity index (χ2n) is 9.47. The summed E-state index contributed by atoms with van der Waals surface area (Å²) in [7, 11) is 0. The van der Waals surface area contributed by atoms with Gasteiger partial charge in [0.2, 0.25) is 0 Å². The summed E-state index contributed by atoms with van der Waals surface area (Å²) < 4.78 is 124. The van der Waals surface area contributed by atoms with E-state index in [-0.39, 0.29) is 43.0 Å². The minimum Gasteiger partial charge on any atom is -0.390 e. The molecule has 0 aromatic heterocycles. The summed E-state index contributed by atoms with van der Waals surface area (Å²) in [5.41, 5.74) is -8.71. The third-order valence-electron chi connectivity index (χ3n) is 7.28. The van der Waals surface area contributed by atoms with Gasteiger partial charge in [0.1, 0.15) is 5.78 Å². The van der Waals surface area contributed by atoms with Gasteiger partial charge in [0.25, 0.3) is 5.60 Å². The predicted octanol–water partition coefficient (Wildman–Crippen LogP) is 6.13. The van der Waals surface area contributed by atoms with Crippen LogP contribution in [0.25, 0.3) is 0 Å². The Kier molecular flexibility index (Phi) is 5.58. The molecule has 0 aromatic carbocycles. The van der Waals surface area contributed by atoms with Crippen molar-refractivity contribution in [1.29, 1.82) is 0 Å². The SMILES string of the molecule is [2H]C([2H])([2H])C(O)(CCC[C@@H](C/C=C\C(O)(C(F)(F)F)C(F)(F)F)[C@H]1CC[C@H]2C(=O)CCC[C@]12C)C([2H])([2H])[2H]. The van der Waals surface area contributed by atoms with Crippen LogP contribution in [0.2, 0.25) is 0 Å². The molecule has 186 valence electrons. The summed E-state index contributed by atoms with van der Waals surface area (Å²) in [5, 5.41) is 20.0. The van der Waals surface area contributed by atoms with Crippen molar-refractivity contribution in [3.63, 3.8) is 0 Å². The van der Waals surface area contributed by atoms with Crippen LogP contribution in [-0.2, 0) is 4.79 Å². The summed E-state index contributed by atoms with van der Waals surface area (Å²) >= 11 is 0. The zero-order valence-electron chi connectivity index (χ0n) is 23.8. The Morgan fingerprint density at radius 3 is 2.34 bits per heavy atom. The van der Waals surface area contributed by atoms with E-state index in [9.17, 15) is 41.4 Å². The number of halogens is 6. The number of fused-ring (bicyclic) bond motifs is 1. The fourth-order valence-electron chi connectivity index (χ4n) is 5.61. The van der Waals surface area contributed by atoms with E-state index in [0.29, 0.717) is 38.2 Å². The smallest absolute Gasteiger partial charge is 0.390 e. The van der Waals surface area contributed by atoms with Crippen molar-refractivity contribution in [2.75, 3.05) is 0 Å². The summed E-state index contributed by atoms with van der Waals surface area (Å²) in [5.74, 6) is -1.27. The van der Waals surface area contributed by atoms with Gasteiger partial charge in [-0.05, 0) is 82.0 Å². The van der Waals surface area contributed by atoms with Crippen LogP contribution in [0.15, 0.2) is 12.2 Å². The Balaban J connectivity index is 2.36. The molecule has 2 aliphatic rings. The Labute approximate surface area is 193 Å². The molecule has 0 unspecified atom stereocenters. The molecule has 4 atom stereocenters. The Morgan fingerprint density at radius 1 is 1.16 bits per heavy atom. The molecule has 2 aliphatic carbocycles. The molecule has 0 aliphatic heterocycles. The van der Waals surface area contributed by atoms with E-state index in [1.807, 2.05) is 6.92 Å². The van der Waals surface area contributed by atoms with Crippen LogP contribution in [0.1, 0.15) is 86.6 Å². The fourth-order valence-corrected chi connectivity index (χ4v) is 5.61. The highest BCUT2D eigenvalue weighted by molar-refractivity contribution is 5.83. The second kappa shape index (κ2) is 9.28. The number of allylic oxidation sites excluding steroid dienone is 1. The third kappa shape index (κ3) is 5.69. The minimum atomic E-state index is -6.03. The van der Waals surface area contributed by atoms with E-state index < -0.39 is 55.0 Å². The molecule has 0 amide bonds. The number of carbonyl (C=O) groups excluding carboxylic acids is 1. The lowest BCUT2D eigenvalue weighted by atomic mass is 9.61. The lowest BCUT2D eigenvalue weighted by Crippen LogP contribution is -2.55. The number of carbonyl (C=O) groups is 1. The number of aliphatic hydroxyl groups is 2. The van der Waals surface area contributed by atoms with E-state index >= 15 is 0 Å². The van der Waals surface area contributed by atoms with Crippen molar-refractivity contribution in [3.05, 3.63) is 12.2 Å². The van der Waals surface area contributed by atoms with Gasteiger partial charge < -0.3 is 10.2 Å². The first-order chi connectivity index (χ1) is 16.9. The molecule has 9 heteroatoms. The van der Waals surface area contributed by atoms with Crippen molar-refractivity contribution in [1.82, 2.24) is 0 Å². The molecule has 0 spiro atoms. The lowest BCUT2D eigenvalue weighted by Gasteiger charge is -2.43. The number of Topliss-reactive ketones (excluding diaryl/α,β-unsaturated/α-hetero) is 1. The second-order valence-corrected chi connectivity index (χ2v) is 9.47. The van der Waals surface area contributed by atoms with Crippen molar-refractivity contribution < 1.29 is 49.6 Å². The highest BCUT2D eigenvalue weighted by Crippen LogP contribution is 2.58. The van der Waals surface area contributed by atoms with Gasteiger partial charge in [0.05, 0.1) is 5.60 Å². The standard InChI is InChI=1S/C23H34F6O3/c1-19(2,31)12-4-7-15(8-5-14-21(32,22(24,25)26)23(27,28)29)16-10-11-17-18(30)9-6-13-20(16,17)3/h5,14-17,31-32H,4,6-13H2,1-3H3/b14-5-/t15-,16+,17-,20+/m0/s1/i1D3,2D3. The highest BCUT2D eigenvalue weighted by atomic mass is 19.4. The third-order valence-corrected chi connectivity index (χ3v) is 7.28. The largest absolute Gasteiger partial charge is 0.429 e. The van der Waals surface area contributed by atoms with Gasteiger partial charge in [-0.1, -0.05) is 19.4 Å². The van der Waals surface area contributed by atoms with Crippen molar-refractivity contribution in [3.8, 4) is 0 Å². The molecule has 0 radical (unpaired) electrons. The first-order valence-corrected chi connectivity index (χ1v) is 10.7. The molecule has 2 fully saturated rings. The quantitative estimate of drug-likeness (QED) is 0.326. The van der Waals surface area contributed by atoms with Crippen LogP contribution in [0, 0.1) is 23.2 Å². The van der Waals surface area contributed by atoms with Crippen molar-refractivity contribution >= 4 is 5.78 Å². The molecule has 2 N–H and O–H groups in total. The molecule has 3 nitrogen and oxygen atoms in total. The first kappa shape index (κ1) is 19.2. The lowest BCUT2D eigenvalue weighted by molar-refractivity contribution is -0.347. The maximum Gasteiger partial charge on any atom is 0.429 e. The molecule has 0 saturated heterocycles. The normalized spacial score (nSPS) is 32.5. The molecule has 32 heavy (non-hydrogen) atoms. The minimum absolute atomic E-state index is 0.0174. The van der Waals surface area contributed by atoms with E-state index in [0.717, 1.165) is 0 Å². The zero-order chi connectivity index (χ0) is 29.6. The molecular weight excluding hydrogens is 438 g/mol. The van der Waals surface area contributed by atoms with Crippen LogP contribution >= 0.6 is 0 Å². The maximum absolute atomic E-state index is 13.1. The summed E-state index contributed by atoms with van der Waals surface area (Å²) in [6.07, 6.45) is -10.6. The average molecular weight is 479 g/mol. The molecular formula is C23H34F6O3. The van der Waals surface area contributed by atoms with Crippen molar-refractivity contribution in [2.24, 2.45) is 23.2 Å². The molecule has 0 aromatic rings. The predicted molar refractivity (Wildman–Crippen MR) is 108 cm³/mol. The molecule has 2 rings (SSSR count). The van der Waals surface area contributed by atoms with Gasteiger partial charge in [-0.15, -0.1) is 0 Å². The number of alkyl halides is 6. The molecule has 0 bridgehead atoms. The van der Waals surface area contributed by atoms with E-state index in [4.69, 9.17) is 8.22 Å². The Morgan fingerprint density at radius 2 is 1.78 bits per heavy atom. The first-order valence-electron chi connectivity index (χ1n) is 13.7. The van der Waals surface area contributed by atoms with E-state index in [1.165, 1.54) is 0 Å². The number of hydrogen-bond donors (Lipinski definition) is 2. The Bertz CT molecular complexity index is 855. The van der Waals surface area contributed by atoms with Crippen LogP contribution in [0.5, 0.6) is 0 Å². The van der Waals surface area contributed by atoms with E-state index in [1.54, 1.807) is 0 Å². The van der Waals surface area contributed by atoms with Crippen LogP contribution in [0.4, 0.5) is 26.3 Å². The van der Waals surface area contributed by atoms with Gasteiger partial charge in [-0.25, -0.2) is 0 Å². The van der Waals surface area contributed by atoms with Gasteiger partial charge in [0.15, 0.2) is 0 Å². The van der Waals surface area contributed by atoms with Crippen LogP contribution in [-0.4, -0.2) is 39.6 Å². The van der Waals surface area contributed by atoms with Crippen LogP contribution < -0.4 is 0 Å². The number of rotatable bonds is 8.